The zero-order valence-corrected chi connectivity index (χ0v) is 10.5. The Bertz CT molecular complexity index is 392. The number of halogens is 1. The Morgan fingerprint density at radius 1 is 1.29 bits per heavy atom. The highest BCUT2D eigenvalue weighted by Gasteiger charge is 2.25. The molecule has 0 spiro atoms. The van der Waals surface area contributed by atoms with Crippen LogP contribution in [0, 0.1) is 17.7 Å². The third-order valence-electron chi connectivity index (χ3n) is 3.79. The van der Waals surface area contributed by atoms with Crippen molar-refractivity contribution in [2.24, 2.45) is 11.8 Å². The molecule has 1 fully saturated rings. The highest BCUT2D eigenvalue weighted by Crippen LogP contribution is 2.32. The standard InChI is InChI=1S/C14H21FN2/c1-9-3-5-13(10(2)7-9)17-14-6-4-11(15)8-12(14)16/h4,6,8-10,13,17H,3,5,7,16H2,1-2H3. The highest BCUT2D eigenvalue weighted by molar-refractivity contribution is 5.66. The number of nitrogens with two attached hydrogens (primary N) is 1. The van der Waals surface area contributed by atoms with Gasteiger partial charge in [0, 0.05) is 6.04 Å². The zero-order valence-electron chi connectivity index (χ0n) is 10.5. The lowest BCUT2D eigenvalue weighted by atomic mass is 9.80. The van der Waals surface area contributed by atoms with Crippen molar-refractivity contribution in [2.75, 3.05) is 11.1 Å². The van der Waals surface area contributed by atoms with E-state index in [-0.39, 0.29) is 5.82 Å². The van der Waals surface area contributed by atoms with Crippen molar-refractivity contribution in [1.29, 1.82) is 0 Å². The van der Waals surface area contributed by atoms with Crippen molar-refractivity contribution in [2.45, 2.75) is 39.2 Å². The Labute approximate surface area is 102 Å². The molecule has 1 aliphatic rings. The number of rotatable bonds is 2. The Balaban J connectivity index is 2.05. The van der Waals surface area contributed by atoms with Crippen LogP contribution in [-0.2, 0) is 0 Å². The number of hydrogen-bond donors (Lipinski definition) is 2. The van der Waals surface area contributed by atoms with Crippen molar-refractivity contribution in [1.82, 2.24) is 0 Å². The molecule has 3 atom stereocenters. The molecule has 1 aromatic carbocycles. The molecule has 3 unspecified atom stereocenters. The van der Waals surface area contributed by atoms with Crippen LogP contribution in [0.2, 0.25) is 0 Å². The van der Waals surface area contributed by atoms with Crippen LogP contribution in [0.25, 0.3) is 0 Å². The first kappa shape index (κ1) is 12.2. The molecule has 1 aromatic rings. The van der Waals surface area contributed by atoms with Gasteiger partial charge in [-0.25, -0.2) is 4.39 Å². The third-order valence-corrected chi connectivity index (χ3v) is 3.79. The van der Waals surface area contributed by atoms with Crippen molar-refractivity contribution in [3.63, 3.8) is 0 Å². The van der Waals surface area contributed by atoms with E-state index in [1.807, 2.05) is 0 Å². The van der Waals surface area contributed by atoms with Gasteiger partial charge in [0.05, 0.1) is 11.4 Å². The lowest BCUT2D eigenvalue weighted by Gasteiger charge is -2.34. The van der Waals surface area contributed by atoms with Gasteiger partial charge in [-0.1, -0.05) is 13.8 Å². The minimum atomic E-state index is -0.279. The van der Waals surface area contributed by atoms with Gasteiger partial charge < -0.3 is 11.1 Å². The van der Waals surface area contributed by atoms with E-state index in [1.54, 1.807) is 6.07 Å². The predicted octanol–water partition coefficient (Wildman–Crippen LogP) is 3.64. The maximum absolute atomic E-state index is 12.9. The molecule has 17 heavy (non-hydrogen) atoms. The normalized spacial score (nSPS) is 29.0. The minimum Gasteiger partial charge on any atom is -0.397 e. The van der Waals surface area contributed by atoms with Crippen LogP contribution < -0.4 is 11.1 Å². The fourth-order valence-corrected chi connectivity index (χ4v) is 2.74. The first-order valence-electron chi connectivity index (χ1n) is 6.38. The van der Waals surface area contributed by atoms with Gasteiger partial charge in [0.1, 0.15) is 5.82 Å². The van der Waals surface area contributed by atoms with E-state index in [2.05, 4.69) is 19.2 Å². The van der Waals surface area contributed by atoms with Crippen LogP contribution >= 0.6 is 0 Å². The number of anilines is 2. The highest BCUT2D eigenvalue weighted by atomic mass is 19.1. The molecule has 3 N–H and O–H groups in total. The maximum atomic E-state index is 12.9. The van der Waals surface area contributed by atoms with Gasteiger partial charge in [0.2, 0.25) is 0 Å². The van der Waals surface area contributed by atoms with E-state index in [1.165, 1.54) is 31.4 Å². The molecule has 3 heteroatoms. The number of benzene rings is 1. The summed E-state index contributed by atoms with van der Waals surface area (Å²) in [6, 6.07) is 5.02. The molecule has 0 saturated heterocycles. The summed E-state index contributed by atoms with van der Waals surface area (Å²) in [5.74, 6) is 1.18. The van der Waals surface area contributed by atoms with E-state index < -0.39 is 0 Å². The molecule has 0 bridgehead atoms. The van der Waals surface area contributed by atoms with Crippen LogP contribution in [-0.4, -0.2) is 6.04 Å². The second-order valence-corrected chi connectivity index (χ2v) is 5.38. The van der Waals surface area contributed by atoms with Crippen LogP contribution in [0.4, 0.5) is 15.8 Å². The topological polar surface area (TPSA) is 38.0 Å². The largest absolute Gasteiger partial charge is 0.397 e. The molecule has 2 nitrogen and oxygen atoms in total. The molecule has 0 amide bonds. The Morgan fingerprint density at radius 3 is 2.71 bits per heavy atom. The Hall–Kier alpha value is -1.25. The second-order valence-electron chi connectivity index (χ2n) is 5.38. The Morgan fingerprint density at radius 2 is 2.06 bits per heavy atom. The van der Waals surface area contributed by atoms with E-state index in [9.17, 15) is 4.39 Å². The third kappa shape index (κ3) is 2.90. The quantitative estimate of drug-likeness (QED) is 0.769. The molecular formula is C14H21FN2. The molecule has 0 aliphatic heterocycles. The number of nitrogens with one attached hydrogen (secondary N) is 1. The van der Waals surface area contributed by atoms with Gasteiger partial charge in [-0.05, 0) is 49.3 Å². The van der Waals surface area contributed by atoms with Gasteiger partial charge in [-0.15, -0.1) is 0 Å². The molecule has 1 saturated carbocycles. The van der Waals surface area contributed by atoms with Crippen LogP contribution in [0.15, 0.2) is 18.2 Å². The fraction of sp³-hybridized carbons (Fsp3) is 0.571. The monoisotopic (exact) mass is 236 g/mol. The SMILES string of the molecule is CC1CCC(Nc2ccc(F)cc2N)C(C)C1. The van der Waals surface area contributed by atoms with Gasteiger partial charge >= 0.3 is 0 Å². The summed E-state index contributed by atoms with van der Waals surface area (Å²) in [4.78, 5) is 0. The average Bonchev–Trinajstić information content (AvgIpc) is 2.25. The van der Waals surface area contributed by atoms with Crippen molar-refractivity contribution in [3.05, 3.63) is 24.0 Å². The van der Waals surface area contributed by atoms with Crippen LogP contribution in [0.5, 0.6) is 0 Å². The summed E-state index contributed by atoms with van der Waals surface area (Å²) >= 11 is 0. The van der Waals surface area contributed by atoms with Crippen LogP contribution in [0.3, 0.4) is 0 Å². The summed E-state index contributed by atoms with van der Waals surface area (Å²) in [6.07, 6.45) is 3.67. The van der Waals surface area contributed by atoms with E-state index in [4.69, 9.17) is 5.73 Å². The van der Waals surface area contributed by atoms with Gasteiger partial charge in [-0.2, -0.15) is 0 Å². The summed E-state index contributed by atoms with van der Waals surface area (Å²) in [5, 5.41) is 3.46. The molecule has 1 aliphatic carbocycles. The second kappa shape index (κ2) is 4.94. The fourth-order valence-electron chi connectivity index (χ4n) is 2.74. The molecule has 0 heterocycles. The summed E-state index contributed by atoms with van der Waals surface area (Å²) in [7, 11) is 0. The molecule has 0 radical (unpaired) electrons. The predicted molar refractivity (Wildman–Crippen MR) is 70.4 cm³/mol. The zero-order chi connectivity index (χ0) is 12.4. The maximum Gasteiger partial charge on any atom is 0.125 e. The van der Waals surface area contributed by atoms with Gasteiger partial charge in [0.25, 0.3) is 0 Å². The number of nitrogen functional groups attached to an aromatic ring is 1. The van der Waals surface area contributed by atoms with Gasteiger partial charge in [0.15, 0.2) is 0 Å². The molecule has 2 rings (SSSR count). The van der Waals surface area contributed by atoms with Crippen molar-refractivity contribution >= 4 is 11.4 Å². The van der Waals surface area contributed by atoms with E-state index in [0.29, 0.717) is 17.6 Å². The first-order valence-corrected chi connectivity index (χ1v) is 6.38. The minimum absolute atomic E-state index is 0.279. The summed E-state index contributed by atoms with van der Waals surface area (Å²) in [6.45, 7) is 4.58. The number of hydrogen-bond acceptors (Lipinski definition) is 2. The molecule has 0 aromatic heterocycles. The average molecular weight is 236 g/mol. The lowest BCUT2D eigenvalue weighted by Crippen LogP contribution is -2.33. The van der Waals surface area contributed by atoms with Crippen LogP contribution in [0.1, 0.15) is 33.1 Å². The molecular weight excluding hydrogens is 215 g/mol. The lowest BCUT2D eigenvalue weighted by molar-refractivity contribution is 0.276. The van der Waals surface area contributed by atoms with Crippen molar-refractivity contribution < 1.29 is 4.39 Å². The summed E-state index contributed by atoms with van der Waals surface area (Å²) in [5.41, 5.74) is 7.16. The van der Waals surface area contributed by atoms with E-state index in [0.717, 1.165) is 11.6 Å². The Kier molecular flexibility index (Phi) is 3.55. The van der Waals surface area contributed by atoms with E-state index >= 15 is 0 Å². The van der Waals surface area contributed by atoms with Gasteiger partial charge in [-0.3, -0.25) is 0 Å². The smallest absolute Gasteiger partial charge is 0.125 e. The molecule has 94 valence electrons. The van der Waals surface area contributed by atoms with Crippen molar-refractivity contribution in [3.8, 4) is 0 Å². The summed E-state index contributed by atoms with van der Waals surface area (Å²) < 4.78 is 12.9. The first-order chi connectivity index (χ1) is 8.06.